The number of nitrogens with zero attached hydrogens (tertiary/aromatic N) is 3. The molecule has 0 unspecified atom stereocenters. The molecule has 0 aliphatic rings. The van der Waals surface area contributed by atoms with Gasteiger partial charge in [0.05, 0.1) is 32.1 Å². The monoisotopic (exact) mass is 457 g/mol. The maximum Gasteiger partial charge on any atom is 0.193 e. The zero-order valence-corrected chi connectivity index (χ0v) is 17.1. The van der Waals surface area contributed by atoms with Crippen molar-refractivity contribution in [2.75, 3.05) is 38.5 Å². The van der Waals surface area contributed by atoms with Crippen molar-refractivity contribution in [3.63, 3.8) is 0 Å². The van der Waals surface area contributed by atoms with E-state index in [2.05, 4.69) is 15.3 Å². The minimum Gasteiger partial charge on any atom is -0.497 e. The Balaban J connectivity index is 0.00000312. The number of guanidine groups is 1. The van der Waals surface area contributed by atoms with Crippen molar-refractivity contribution in [1.82, 2.24) is 4.98 Å². The zero-order valence-electron chi connectivity index (χ0n) is 14.8. The van der Waals surface area contributed by atoms with Crippen LogP contribution in [0.3, 0.4) is 0 Å². The van der Waals surface area contributed by atoms with Crippen molar-refractivity contribution in [3.05, 3.63) is 42.1 Å². The second-order valence-corrected chi connectivity index (χ2v) is 5.27. The fourth-order valence-electron chi connectivity index (χ4n) is 2.06. The number of hydrogen-bond acceptors (Lipinski definition) is 5. The van der Waals surface area contributed by atoms with Gasteiger partial charge in [-0.3, -0.25) is 0 Å². The zero-order chi connectivity index (χ0) is 17.5. The average molecular weight is 457 g/mol. The molecule has 0 aliphatic carbocycles. The molecule has 1 aromatic carbocycles. The third kappa shape index (κ3) is 5.96. The standard InChI is InChI=1S/C17H23N5O2.HI/c1-22(2)16-7-5-6-12(20-16)11-19-17(18)21-14-10-13(23-3)8-9-15(14)24-4;/h5-10H,11H2,1-4H3,(H3,18,19,21);1H. The summed E-state index contributed by atoms with van der Waals surface area (Å²) in [5.74, 6) is 2.51. The molecule has 2 aromatic rings. The summed E-state index contributed by atoms with van der Waals surface area (Å²) < 4.78 is 10.5. The van der Waals surface area contributed by atoms with E-state index in [-0.39, 0.29) is 29.9 Å². The second kappa shape index (κ2) is 9.92. The highest BCUT2D eigenvalue weighted by atomic mass is 127. The van der Waals surface area contributed by atoms with Gasteiger partial charge in [-0.2, -0.15) is 0 Å². The van der Waals surface area contributed by atoms with Crippen LogP contribution in [-0.2, 0) is 6.54 Å². The first kappa shape index (κ1) is 20.8. The van der Waals surface area contributed by atoms with Gasteiger partial charge in [-0.05, 0) is 24.3 Å². The Morgan fingerprint density at radius 2 is 1.96 bits per heavy atom. The molecule has 0 spiro atoms. The van der Waals surface area contributed by atoms with Gasteiger partial charge in [0.15, 0.2) is 5.96 Å². The van der Waals surface area contributed by atoms with Crippen LogP contribution in [-0.4, -0.2) is 39.3 Å². The number of nitrogens with two attached hydrogens (primary N) is 1. The number of aliphatic imine (C=N–C) groups is 1. The number of pyridine rings is 1. The molecule has 0 saturated heterocycles. The Kier molecular flexibility index (Phi) is 8.26. The van der Waals surface area contributed by atoms with E-state index in [0.717, 1.165) is 11.5 Å². The summed E-state index contributed by atoms with van der Waals surface area (Å²) in [5.41, 5.74) is 7.50. The molecule has 0 bridgehead atoms. The highest BCUT2D eigenvalue weighted by Crippen LogP contribution is 2.28. The van der Waals surface area contributed by atoms with Crippen LogP contribution in [0.25, 0.3) is 0 Å². The van der Waals surface area contributed by atoms with E-state index >= 15 is 0 Å². The number of methoxy groups -OCH3 is 2. The van der Waals surface area contributed by atoms with Crippen LogP contribution in [0.5, 0.6) is 11.5 Å². The Labute approximate surface area is 165 Å². The molecule has 0 atom stereocenters. The van der Waals surface area contributed by atoms with Gasteiger partial charge in [-0.1, -0.05) is 6.07 Å². The van der Waals surface area contributed by atoms with Crippen LogP contribution in [0.2, 0.25) is 0 Å². The summed E-state index contributed by atoms with van der Waals surface area (Å²) in [6, 6.07) is 11.2. The van der Waals surface area contributed by atoms with Gasteiger partial charge in [0.1, 0.15) is 17.3 Å². The quantitative estimate of drug-likeness (QED) is 0.394. The summed E-state index contributed by atoms with van der Waals surface area (Å²) in [4.78, 5) is 10.8. The van der Waals surface area contributed by atoms with Crippen molar-refractivity contribution in [3.8, 4) is 11.5 Å². The van der Waals surface area contributed by atoms with Gasteiger partial charge in [0.25, 0.3) is 0 Å². The Hall–Kier alpha value is -2.23. The smallest absolute Gasteiger partial charge is 0.193 e. The van der Waals surface area contributed by atoms with Crippen molar-refractivity contribution >= 4 is 41.4 Å². The molecule has 0 amide bonds. The normalized spacial score (nSPS) is 10.6. The molecule has 7 nitrogen and oxygen atoms in total. The van der Waals surface area contributed by atoms with E-state index in [1.165, 1.54) is 0 Å². The van der Waals surface area contributed by atoms with Crippen LogP contribution in [0.1, 0.15) is 5.69 Å². The van der Waals surface area contributed by atoms with Crippen molar-refractivity contribution in [2.24, 2.45) is 10.7 Å². The number of ether oxygens (including phenoxy) is 2. The molecule has 0 saturated carbocycles. The number of rotatable bonds is 6. The molecular formula is C17H24IN5O2. The first-order valence-corrected chi connectivity index (χ1v) is 7.45. The van der Waals surface area contributed by atoms with Gasteiger partial charge in [0, 0.05) is 20.2 Å². The van der Waals surface area contributed by atoms with E-state index in [9.17, 15) is 0 Å². The number of benzene rings is 1. The molecular weight excluding hydrogens is 433 g/mol. The van der Waals surface area contributed by atoms with Crippen LogP contribution in [0.4, 0.5) is 11.5 Å². The van der Waals surface area contributed by atoms with Gasteiger partial charge < -0.3 is 25.4 Å². The predicted molar refractivity (Wildman–Crippen MR) is 112 cm³/mol. The second-order valence-electron chi connectivity index (χ2n) is 5.27. The summed E-state index contributed by atoms with van der Waals surface area (Å²) >= 11 is 0. The molecule has 1 heterocycles. The van der Waals surface area contributed by atoms with Gasteiger partial charge in [-0.25, -0.2) is 9.98 Å². The summed E-state index contributed by atoms with van der Waals surface area (Å²) in [6.07, 6.45) is 0. The fraction of sp³-hybridized carbons (Fsp3) is 0.294. The summed E-state index contributed by atoms with van der Waals surface area (Å²) in [5, 5.41) is 3.03. The fourth-order valence-corrected chi connectivity index (χ4v) is 2.06. The van der Waals surface area contributed by atoms with Crippen LogP contribution in [0.15, 0.2) is 41.4 Å². The third-order valence-electron chi connectivity index (χ3n) is 3.33. The first-order chi connectivity index (χ1) is 11.5. The SMILES string of the molecule is COc1ccc(OC)c(NC(N)=NCc2cccc(N(C)C)n2)c1.I. The topological polar surface area (TPSA) is 85.0 Å². The van der Waals surface area contributed by atoms with Gasteiger partial charge >= 0.3 is 0 Å². The number of anilines is 2. The van der Waals surface area contributed by atoms with Crippen molar-refractivity contribution in [2.45, 2.75) is 6.54 Å². The molecule has 1 aromatic heterocycles. The highest BCUT2D eigenvalue weighted by molar-refractivity contribution is 14.0. The highest BCUT2D eigenvalue weighted by Gasteiger charge is 2.06. The minimum absolute atomic E-state index is 0. The molecule has 136 valence electrons. The average Bonchev–Trinajstić information content (AvgIpc) is 2.60. The van der Waals surface area contributed by atoms with E-state index < -0.39 is 0 Å². The molecule has 0 aliphatic heterocycles. The third-order valence-corrected chi connectivity index (χ3v) is 3.33. The van der Waals surface area contributed by atoms with Crippen molar-refractivity contribution in [1.29, 1.82) is 0 Å². The van der Waals surface area contributed by atoms with E-state index in [0.29, 0.717) is 23.7 Å². The van der Waals surface area contributed by atoms with E-state index in [1.807, 2.05) is 43.3 Å². The summed E-state index contributed by atoms with van der Waals surface area (Å²) in [6.45, 7) is 0.382. The Morgan fingerprint density at radius 3 is 2.60 bits per heavy atom. The largest absolute Gasteiger partial charge is 0.497 e. The Bertz CT molecular complexity index is 722. The lowest BCUT2D eigenvalue weighted by Gasteiger charge is -2.13. The van der Waals surface area contributed by atoms with Crippen molar-refractivity contribution < 1.29 is 9.47 Å². The molecule has 0 radical (unpaired) electrons. The number of aromatic nitrogens is 1. The van der Waals surface area contributed by atoms with Crippen LogP contribution >= 0.6 is 24.0 Å². The molecule has 0 fully saturated rings. The van der Waals surface area contributed by atoms with Crippen LogP contribution in [0, 0.1) is 0 Å². The predicted octanol–water partition coefficient (Wildman–Crippen LogP) is 2.71. The lowest BCUT2D eigenvalue weighted by Crippen LogP contribution is -2.23. The maximum absolute atomic E-state index is 5.97. The van der Waals surface area contributed by atoms with E-state index in [4.69, 9.17) is 15.2 Å². The molecule has 2 rings (SSSR count). The van der Waals surface area contributed by atoms with E-state index in [1.54, 1.807) is 26.4 Å². The van der Waals surface area contributed by atoms with Crippen LogP contribution < -0.4 is 25.4 Å². The lowest BCUT2D eigenvalue weighted by molar-refractivity contribution is 0.405. The molecule has 25 heavy (non-hydrogen) atoms. The van der Waals surface area contributed by atoms with Gasteiger partial charge in [0.2, 0.25) is 0 Å². The molecule has 3 N–H and O–H groups in total. The first-order valence-electron chi connectivity index (χ1n) is 7.45. The lowest BCUT2D eigenvalue weighted by atomic mass is 10.2. The number of halogens is 1. The Morgan fingerprint density at radius 1 is 1.20 bits per heavy atom. The minimum atomic E-state index is 0. The summed E-state index contributed by atoms with van der Waals surface area (Å²) in [7, 11) is 7.09. The number of nitrogens with one attached hydrogen (secondary N) is 1. The maximum atomic E-state index is 5.97. The van der Waals surface area contributed by atoms with Gasteiger partial charge in [-0.15, -0.1) is 24.0 Å². The number of hydrogen-bond donors (Lipinski definition) is 2. The molecule has 8 heteroatoms.